The maximum Gasteiger partial charge on any atom is 0.228 e. The van der Waals surface area contributed by atoms with Crippen molar-refractivity contribution >= 4 is 10.9 Å². The largest absolute Gasteiger partial charge is 0.276 e. The van der Waals surface area contributed by atoms with Gasteiger partial charge in [0.15, 0.2) is 5.52 Å². The molecule has 0 atom stereocenters. The van der Waals surface area contributed by atoms with Crippen LogP contribution in [0.2, 0.25) is 0 Å². The van der Waals surface area contributed by atoms with E-state index in [1.54, 1.807) is 7.11 Å². The number of hydrogen-bond acceptors (Lipinski definition) is 1. The first kappa shape index (κ1) is 11.6. The quantitative estimate of drug-likeness (QED) is 0.557. The summed E-state index contributed by atoms with van der Waals surface area (Å²) in [6.45, 7) is 2.01. The zero-order valence-corrected chi connectivity index (χ0v) is 11.2. The molecule has 0 bridgehead atoms. The molecule has 0 spiro atoms. The van der Waals surface area contributed by atoms with Crippen molar-refractivity contribution < 1.29 is 42.3 Å². The molecule has 2 rings (SSSR count). The van der Waals surface area contributed by atoms with E-state index in [4.69, 9.17) is 4.84 Å². The van der Waals surface area contributed by atoms with Gasteiger partial charge in [0.1, 0.15) is 7.11 Å². The molecule has 1 heterocycles. The van der Waals surface area contributed by atoms with Gasteiger partial charge in [0.2, 0.25) is 5.69 Å². The molecule has 0 amide bonds. The Morgan fingerprint density at radius 2 is 2.07 bits per heavy atom. The molecule has 1 aromatic heterocycles. The van der Waals surface area contributed by atoms with Crippen LogP contribution in [0.3, 0.4) is 0 Å². The van der Waals surface area contributed by atoms with Crippen LogP contribution in [0, 0.1) is 13.0 Å². The van der Waals surface area contributed by atoms with Crippen LogP contribution in [-0.4, -0.2) is 7.11 Å². The molecule has 0 saturated carbocycles. The van der Waals surface area contributed by atoms with Crippen molar-refractivity contribution in [3.63, 3.8) is 0 Å². The molecule has 0 aliphatic rings. The molecule has 0 N–H and O–H groups in total. The van der Waals surface area contributed by atoms with Crippen molar-refractivity contribution in [3.05, 3.63) is 42.1 Å². The normalized spacial score (nSPS) is 9.57. The van der Waals surface area contributed by atoms with Gasteiger partial charge in [0.25, 0.3) is 0 Å². The van der Waals surface area contributed by atoms with E-state index in [1.807, 2.05) is 35.9 Å². The van der Waals surface area contributed by atoms with Crippen molar-refractivity contribution in [1.82, 2.24) is 0 Å². The van der Waals surface area contributed by atoms with Crippen LogP contribution in [0.15, 0.2) is 30.3 Å². The van der Waals surface area contributed by atoms with E-state index in [0.717, 1.165) is 16.6 Å². The summed E-state index contributed by atoms with van der Waals surface area (Å²) in [6, 6.07) is 13.0. The maximum absolute atomic E-state index is 5.26. The molecule has 1 radical (unpaired) electrons. The van der Waals surface area contributed by atoms with E-state index in [1.165, 1.54) is 0 Å². The maximum atomic E-state index is 5.26. The van der Waals surface area contributed by atoms with Crippen molar-refractivity contribution in [2.45, 2.75) is 6.92 Å². The number of pyridine rings is 1. The number of aryl methyl sites for hydroxylation is 1. The first-order valence-corrected chi connectivity index (χ1v) is 4.19. The fourth-order valence-corrected chi connectivity index (χ4v) is 1.46. The van der Waals surface area contributed by atoms with Crippen LogP contribution >= 0.6 is 0 Å². The molecule has 14 heavy (non-hydrogen) atoms. The fraction of sp³-hybridized carbons (Fsp3) is 0.182. The SMILES string of the molecule is CO[n+]1c(C)ccc2c[c-]ccc21.[Y]. The van der Waals surface area contributed by atoms with Gasteiger partial charge in [0.05, 0.1) is 0 Å². The number of nitrogens with zero attached hydrogens (tertiary/aromatic N) is 1. The third-order valence-electron chi connectivity index (χ3n) is 2.10. The van der Waals surface area contributed by atoms with Crippen LogP contribution < -0.4 is 9.57 Å². The van der Waals surface area contributed by atoms with Gasteiger partial charge in [0, 0.05) is 39.6 Å². The Labute approximate surface area is 109 Å². The molecule has 0 unspecified atom stereocenters. The van der Waals surface area contributed by atoms with Crippen LogP contribution in [0.25, 0.3) is 10.9 Å². The number of aromatic nitrogens is 1. The summed E-state index contributed by atoms with van der Waals surface area (Å²) in [7, 11) is 1.67. The molecule has 0 aliphatic heterocycles. The number of benzene rings is 1. The predicted octanol–water partition coefficient (Wildman–Crippen LogP) is 1.29. The van der Waals surface area contributed by atoms with Crippen molar-refractivity contribution in [2.75, 3.05) is 7.11 Å². The number of fused-ring (bicyclic) bond motifs is 1. The van der Waals surface area contributed by atoms with Crippen LogP contribution in [0.5, 0.6) is 0 Å². The van der Waals surface area contributed by atoms with E-state index in [-0.39, 0.29) is 32.7 Å². The summed E-state index contributed by atoms with van der Waals surface area (Å²) >= 11 is 0. The van der Waals surface area contributed by atoms with Crippen molar-refractivity contribution in [2.24, 2.45) is 0 Å². The van der Waals surface area contributed by atoms with Crippen molar-refractivity contribution in [1.29, 1.82) is 0 Å². The van der Waals surface area contributed by atoms with Crippen molar-refractivity contribution in [3.8, 4) is 0 Å². The smallest absolute Gasteiger partial charge is 0.228 e. The minimum absolute atomic E-state index is 0. The summed E-state index contributed by atoms with van der Waals surface area (Å²) in [6.07, 6.45) is 0. The van der Waals surface area contributed by atoms with Gasteiger partial charge in [-0.25, -0.2) is 0 Å². The Balaban J connectivity index is 0.000000980. The zero-order chi connectivity index (χ0) is 9.26. The summed E-state index contributed by atoms with van der Waals surface area (Å²) in [5.41, 5.74) is 2.16. The van der Waals surface area contributed by atoms with Crippen LogP contribution in [0.1, 0.15) is 5.69 Å². The Morgan fingerprint density at radius 1 is 1.29 bits per heavy atom. The second-order valence-corrected chi connectivity index (χ2v) is 2.94. The third-order valence-corrected chi connectivity index (χ3v) is 2.10. The molecular formula is C11H11NOY. The van der Waals surface area contributed by atoms with Gasteiger partial charge in [-0.05, 0) is 10.8 Å². The minimum Gasteiger partial charge on any atom is -0.276 e. The first-order chi connectivity index (χ1) is 6.33. The Kier molecular flexibility index (Phi) is 4.02. The first-order valence-electron chi connectivity index (χ1n) is 4.19. The van der Waals surface area contributed by atoms with E-state index in [2.05, 4.69) is 12.1 Å². The topological polar surface area (TPSA) is 13.1 Å². The van der Waals surface area contributed by atoms with Gasteiger partial charge < -0.3 is 0 Å². The summed E-state index contributed by atoms with van der Waals surface area (Å²) in [5.74, 6) is 0. The van der Waals surface area contributed by atoms with Gasteiger partial charge in [-0.15, -0.1) is 0 Å². The molecule has 3 heteroatoms. The van der Waals surface area contributed by atoms with E-state index in [0.29, 0.717) is 0 Å². The summed E-state index contributed by atoms with van der Waals surface area (Å²) < 4.78 is 1.81. The molecule has 2 aromatic rings. The standard InChI is InChI=1S/C11H11NO.Y/c1-9-7-8-10-5-3-4-6-11(10)12(9)13-2;/h4-8H,1-2H3;. The molecule has 0 saturated heterocycles. The van der Waals surface area contributed by atoms with Gasteiger partial charge >= 0.3 is 0 Å². The second-order valence-electron chi connectivity index (χ2n) is 2.94. The van der Waals surface area contributed by atoms with Gasteiger partial charge in [-0.2, -0.15) is 18.2 Å². The second kappa shape index (κ2) is 4.85. The summed E-state index contributed by atoms with van der Waals surface area (Å²) in [5, 5.41) is 1.13. The van der Waals surface area contributed by atoms with E-state index in [9.17, 15) is 0 Å². The molecule has 0 aliphatic carbocycles. The van der Waals surface area contributed by atoms with Gasteiger partial charge in [-0.1, -0.05) is 17.5 Å². The van der Waals surface area contributed by atoms with Crippen LogP contribution in [0.4, 0.5) is 0 Å². The summed E-state index contributed by atoms with van der Waals surface area (Å²) in [4.78, 5) is 5.26. The zero-order valence-electron chi connectivity index (χ0n) is 8.32. The van der Waals surface area contributed by atoms with E-state index >= 15 is 0 Å². The molecule has 69 valence electrons. The van der Waals surface area contributed by atoms with Gasteiger partial charge in [-0.3, -0.25) is 4.84 Å². The monoisotopic (exact) mass is 262 g/mol. The minimum atomic E-state index is 0. The average Bonchev–Trinajstić information content (AvgIpc) is 2.18. The third kappa shape index (κ3) is 1.96. The Bertz CT molecular complexity index is 442. The number of hydrogen-bond donors (Lipinski definition) is 0. The Morgan fingerprint density at radius 3 is 2.79 bits per heavy atom. The molecule has 2 nitrogen and oxygen atoms in total. The fourth-order valence-electron chi connectivity index (χ4n) is 1.46. The Hall–Kier alpha value is -0.466. The molecular weight excluding hydrogens is 251 g/mol. The molecule has 1 aromatic carbocycles. The van der Waals surface area contributed by atoms with E-state index < -0.39 is 0 Å². The predicted molar refractivity (Wildman–Crippen MR) is 50.2 cm³/mol. The number of rotatable bonds is 1. The van der Waals surface area contributed by atoms with Crippen LogP contribution in [-0.2, 0) is 32.7 Å². The molecule has 0 fully saturated rings. The average molecular weight is 262 g/mol.